The highest BCUT2D eigenvalue weighted by molar-refractivity contribution is 5.87. The lowest BCUT2D eigenvalue weighted by Crippen LogP contribution is -2.63. The van der Waals surface area contributed by atoms with Gasteiger partial charge >= 0.3 is 11.9 Å². The van der Waals surface area contributed by atoms with Gasteiger partial charge in [0.25, 0.3) is 0 Å². The minimum absolute atomic E-state index is 0.0987. The van der Waals surface area contributed by atoms with Crippen LogP contribution in [0.5, 0.6) is 0 Å². The van der Waals surface area contributed by atoms with Crippen LogP contribution in [-0.2, 0) is 4.79 Å². The van der Waals surface area contributed by atoms with E-state index in [-0.39, 0.29) is 16.2 Å². The fourth-order valence-corrected chi connectivity index (χ4v) is 12.9. The molecular formula is C44H64O4. The zero-order valence-corrected chi connectivity index (χ0v) is 31.2. The zero-order valence-electron chi connectivity index (χ0n) is 31.2. The maximum atomic E-state index is 12.8. The third kappa shape index (κ3) is 6.45. The summed E-state index contributed by atoms with van der Waals surface area (Å²) in [5.41, 5.74) is 1.78. The van der Waals surface area contributed by atoms with Gasteiger partial charge in [-0.3, -0.25) is 4.79 Å². The van der Waals surface area contributed by atoms with Crippen LogP contribution in [0.15, 0.2) is 24.3 Å². The topological polar surface area (TPSA) is 74.6 Å². The molecule has 0 radical (unpaired) electrons. The van der Waals surface area contributed by atoms with Crippen LogP contribution in [0.2, 0.25) is 0 Å². The molecule has 0 saturated heterocycles. The first-order chi connectivity index (χ1) is 22.8. The Hall–Kier alpha value is -3.16. The van der Waals surface area contributed by atoms with Gasteiger partial charge in [0.1, 0.15) is 0 Å². The minimum atomic E-state index is -0.841. The molecule has 5 aliphatic rings. The van der Waals surface area contributed by atoms with Crippen molar-refractivity contribution in [3.05, 3.63) is 35.4 Å². The van der Waals surface area contributed by atoms with E-state index < -0.39 is 17.4 Å². The van der Waals surface area contributed by atoms with E-state index in [1.807, 2.05) is 26.0 Å². The molecule has 0 aliphatic heterocycles. The van der Waals surface area contributed by atoms with Crippen LogP contribution in [0.4, 0.5) is 0 Å². The number of fused-ring (bicyclic) bond motifs is 7. The van der Waals surface area contributed by atoms with Crippen molar-refractivity contribution >= 4 is 11.9 Å². The molecule has 0 heterocycles. The average molecular weight is 657 g/mol. The summed E-state index contributed by atoms with van der Waals surface area (Å²) >= 11 is 0. The van der Waals surface area contributed by atoms with Gasteiger partial charge in [-0.25, -0.2) is 4.79 Å². The summed E-state index contributed by atoms with van der Waals surface area (Å²) in [6.07, 6.45) is 35.2. The van der Waals surface area contributed by atoms with Gasteiger partial charge in [0.2, 0.25) is 0 Å². The molecule has 2 N–H and O–H groups in total. The highest BCUT2D eigenvalue weighted by atomic mass is 16.4. The summed E-state index contributed by atoms with van der Waals surface area (Å²) in [6, 6.07) is 7.73. The van der Waals surface area contributed by atoms with Gasteiger partial charge in [0, 0.05) is 0 Å². The third-order valence-corrected chi connectivity index (χ3v) is 14.5. The molecule has 0 amide bonds. The number of hydrogen-bond donors (Lipinski definition) is 2. The lowest BCUT2D eigenvalue weighted by molar-refractivity contribution is -0.206. The lowest BCUT2D eigenvalue weighted by Gasteiger charge is -2.69. The Morgan fingerprint density at radius 2 is 1.33 bits per heavy atom. The van der Waals surface area contributed by atoms with Gasteiger partial charge < -0.3 is 10.2 Å². The number of carbonyl (C=O) groups is 2. The summed E-state index contributed by atoms with van der Waals surface area (Å²) in [5.74, 6) is 2.98. The molecule has 5 aliphatic carbocycles. The number of carboxylic acids is 2. The second-order valence-electron chi connectivity index (χ2n) is 16.3. The molecule has 4 nitrogen and oxygen atoms in total. The van der Waals surface area contributed by atoms with Crippen molar-refractivity contribution in [3.63, 3.8) is 0 Å². The number of rotatable bonds is 4. The number of aliphatic carboxylic acids is 1. The Labute approximate surface area is 293 Å². The van der Waals surface area contributed by atoms with E-state index in [9.17, 15) is 19.8 Å². The maximum absolute atomic E-state index is 12.8. The highest BCUT2D eigenvalue weighted by Crippen LogP contribution is 2.74. The molecule has 0 bridgehead atoms. The van der Waals surface area contributed by atoms with E-state index in [0.29, 0.717) is 52.9 Å². The Kier molecular flexibility index (Phi) is 13.7. The summed E-state index contributed by atoms with van der Waals surface area (Å²) in [4.78, 5) is 24.6. The molecule has 264 valence electrons. The van der Waals surface area contributed by atoms with Crippen LogP contribution in [0.25, 0.3) is 0 Å². The van der Waals surface area contributed by atoms with Gasteiger partial charge in [-0.15, -0.1) is 38.5 Å². The lowest BCUT2D eigenvalue weighted by atomic mass is 9.35. The first kappa shape index (κ1) is 41.0. The van der Waals surface area contributed by atoms with Crippen LogP contribution < -0.4 is 0 Å². The van der Waals surface area contributed by atoms with Gasteiger partial charge in [0.15, 0.2) is 0 Å². The van der Waals surface area contributed by atoms with E-state index in [0.717, 1.165) is 32.1 Å². The fraction of sp³-hybridized carbons (Fsp3) is 0.682. The van der Waals surface area contributed by atoms with E-state index >= 15 is 0 Å². The molecule has 5 saturated carbocycles. The molecule has 4 heteroatoms. The van der Waals surface area contributed by atoms with Crippen molar-refractivity contribution in [1.82, 2.24) is 0 Å². The largest absolute Gasteiger partial charge is 0.481 e. The molecule has 6 rings (SSSR count). The van der Waals surface area contributed by atoms with E-state index in [4.69, 9.17) is 0 Å². The van der Waals surface area contributed by atoms with Gasteiger partial charge in [-0.05, 0) is 145 Å². The smallest absolute Gasteiger partial charge is 0.335 e. The molecule has 5 unspecified atom stereocenters. The van der Waals surface area contributed by atoms with Crippen molar-refractivity contribution in [2.45, 2.75) is 126 Å². The van der Waals surface area contributed by atoms with Gasteiger partial charge in [-0.2, -0.15) is 0 Å². The SMILES string of the molecule is C#C.C#C.C#C.CC.CC(C)C1CC[C@]2(C(=O)O)CCC3[C@H](CCC4[C@@]3(C)CCC3C(C)(C)[C@@H](c5cccc(C(=O)O)c5)CC[C@@]34C)C12. The zero-order chi connectivity index (χ0) is 36.8. The normalized spacial score (nSPS) is 38.3. The Morgan fingerprint density at radius 3 is 1.90 bits per heavy atom. The summed E-state index contributed by atoms with van der Waals surface area (Å²) in [5, 5.41) is 20.2. The monoisotopic (exact) mass is 656 g/mol. The van der Waals surface area contributed by atoms with Crippen molar-refractivity contribution in [2.24, 2.45) is 63.1 Å². The van der Waals surface area contributed by atoms with E-state index in [1.54, 1.807) is 6.07 Å². The first-order valence-corrected chi connectivity index (χ1v) is 18.3. The molecule has 10 atom stereocenters. The summed E-state index contributed by atoms with van der Waals surface area (Å²) in [7, 11) is 0. The van der Waals surface area contributed by atoms with Crippen LogP contribution in [-0.4, -0.2) is 22.2 Å². The molecule has 0 spiro atoms. The number of carboxylic acid groups (broad SMARTS) is 2. The molecule has 1 aromatic carbocycles. The quantitative estimate of drug-likeness (QED) is 0.316. The third-order valence-electron chi connectivity index (χ3n) is 14.5. The van der Waals surface area contributed by atoms with Crippen LogP contribution >= 0.6 is 0 Å². The van der Waals surface area contributed by atoms with Crippen molar-refractivity contribution in [2.75, 3.05) is 0 Å². The van der Waals surface area contributed by atoms with Crippen molar-refractivity contribution in [3.8, 4) is 38.5 Å². The molecule has 0 aromatic heterocycles. The number of terminal acetylenes is 3. The molecular weight excluding hydrogens is 592 g/mol. The maximum Gasteiger partial charge on any atom is 0.335 e. The molecule has 5 fully saturated rings. The predicted molar refractivity (Wildman–Crippen MR) is 199 cm³/mol. The van der Waals surface area contributed by atoms with Crippen LogP contribution in [0.1, 0.15) is 141 Å². The summed E-state index contributed by atoms with van der Waals surface area (Å²) in [6.45, 7) is 18.8. The van der Waals surface area contributed by atoms with E-state index in [2.05, 4.69) is 86.1 Å². The van der Waals surface area contributed by atoms with Crippen LogP contribution in [0, 0.1) is 102 Å². The van der Waals surface area contributed by atoms with Crippen LogP contribution in [0.3, 0.4) is 0 Å². The molecule has 48 heavy (non-hydrogen) atoms. The fourth-order valence-electron chi connectivity index (χ4n) is 12.9. The van der Waals surface area contributed by atoms with Crippen molar-refractivity contribution < 1.29 is 19.8 Å². The second-order valence-corrected chi connectivity index (χ2v) is 16.3. The summed E-state index contributed by atoms with van der Waals surface area (Å²) < 4.78 is 0. The highest BCUT2D eigenvalue weighted by Gasteiger charge is 2.68. The molecule has 1 aromatic rings. The predicted octanol–water partition coefficient (Wildman–Crippen LogP) is 10.7. The Bertz CT molecular complexity index is 1300. The van der Waals surface area contributed by atoms with Crippen molar-refractivity contribution in [1.29, 1.82) is 0 Å². The number of aromatic carboxylic acids is 1. The Balaban J connectivity index is 0.000000933. The first-order valence-electron chi connectivity index (χ1n) is 18.3. The van der Waals surface area contributed by atoms with Gasteiger partial charge in [0.05, 0.1) is 11.0 Å². The van der Waals surface area contributed by atoms with E-state index in [1.165, 1.54) is 37.7 Å². The van der Waals surface area contributed by atoms with Gasteiger partial charge in [-0.1, -0.05) is 67.5 Å². The number of benzene rings is 1. The minimum Gasteiger partial charge on any atom is -0.481 e. The Morgan fingerprint density at radius 1 is 0.750 bits per heavy atom. The standard InChI is InChI=1S/C36H52O4.C2H6.3C2H2/c1-21(2)24-12-18-36(32(39)40)19-14-27-25(30(24)36)10-11-29-34(27,5)17-15-28-33(3,4)26(13-16-35(28,29)6)22-8-7-9-23(20-22)31(37)38;4*1-2/h7-9,20-21,24-30H,10-19H2,1-6H3,(H,37,38)(H,39,40);1-2H3;3*1-2H/t24?,25-,26+,27?,28?,29?,30?,34-,35-,36-;;;;/m0..../s1. The average Bonchev–Trinajstić information content (AvgIpc) is 3.50. The second kappa shape index (κ2) is 16.0. The number of hydrogen-bond acceptors (Lipinski definition) is 2.